The molecule has 0 amide bonds. The summed E-state index contributed by atoms with van der Waals surface area (Å²) in [5.41, 5.74) is 5.53. The number of nitrogens with one attached hydrogen (secondary N) is 1. The Hall–Kier alpha value is -0.120. The number of rotatable bonds is 3. The van der Waals surface area contributed by atoms with E-state index in [0.717, 1.165) is 26.2 Å². The SMILES string of the molecule is CCOC1CNCC1CN. The number of nitrogens with two attached hydrogens (primary N) is 1. The fourth-order valence-corrected chi connectivity index (χ4v) is 1.35. The van der Waals surface area contributed by atoms with Gasteiger partial charge >= 0.3 is 0 Å². The minimum absolute atomic E-state index is 0.356. The average Bonchev–Trinajstić information content (AvgIpc) is 2.36. The molecule has 0 radical (unpaired) electrons. The van der Waals surface area contributed by atoms with Gasteiger partial charge in [0.2, 0.25) is 0 Å². The van der Waals surface area contributed by atoms with Crippen molar-refractivity contribution in [3.8, 4) is 0 Å². The Morgan fingerprint density at radius 1 is 1.60 bits per heavy atom. The van der Waals surface area contributed by atoms with Gasteiger partial charge in [0.05, 0.1) is 6.10 Å². The summed E-state index contributed by atoms with van der Waals surface area (Å²) in [5, 5.41) is 3.25. The molecule has 3 heteroatoms. The molecule has 1 rings (SSSR count). The Kier molecular flexibility index (Phi) is 3.12. The lowest BCUT2D eigenvalue weighted by molar-refractivity contribution is 0.0491. The molecule has 60 valence electrons. The third-order valence-corrected chi connectivity index (χ3v) is 1.96. The van der Waals surface area contributed by atoms with Crippen molar-refractivity contribution in [3.05, 3.63) is 0 Å². The van der Waals surface area contributed by atoms with E-state index >= 15 is 0 Å². The predicted molar refractivity (Wildman–Crippen MR) is 40.8 cm³/mol. The molecule has 1 aliphatic rings. The van der Waals surface area contributed by atoms with Gasteiger partial charge in [0.15, 0.2) is 0 Å². The van der Waals surface area contributed by atoms with Crippen LogP contribution in [0.25, 0.3) is 0 Å². The summed E-state index contributed by atoms with van der Waals surface area (Å²) in [5.74, 6) is 0.528. The minimum atomic E-state index is 0.356. The molecule has 2 unspecified atom stereocenters. The third kappa shape index (κ3) is 1.68. The predicted octanol–water partition coefficient (Wildman–Crippen LogP) is -0.430. The molecule has 0 saturated carbocycles. The van der Waals surface area contributed by atoms with Crippen LogP contribution in [0.3, 0.4) is 0 Å². The first-order chi connectivity index (χ1) is 4.88. The maximum atomic E-state index is 5.53. The van der Waals surface area contributed by atoms with Gasteiger partial charge in [0, 0.05) is 25.6 Å². The lowest BCUT2D eigenvalue weighted by atomic mass is 10.1. The van der Waals surface area contributed by atoms with Gasteiger partial charge in [-0.3, -0.25) is 0 Å². The molecule has 1 fully saturated rings. The van der Waals surface area contributed by atoms with E-state index in [1.54, 1.807) is 0 Å². The van der Waals surface area contributed by atoms with Gasteiger partial charge in [0.25, 0.3) is 0 Å². The molecule has 3 N–H and O–H groups in total. The molecule has 1 heterocycles. The van der Waals surface area contributed by atoms with Crippen LogP contribution >= 0.6 is 0 Å². The Bertz CT molecular complexity index is 97.6. The zero-order valence-corrected chi connectivity index (χ0v) is 6.47. The first-order valence-electron chi connectivity index (χ1n) is 3.90. The summed E-state index contributed by atoms with van der Waals surface area (Å²) in [6.45, 7) is 5.53. The molecule has 1 aliphatic heterocycles. The molecule has 0 spiro atoms. The van der Waals surface area contributed by atoms with Crippen LogP contribution in [0.15, 0.2) is 0 Å². The van der Waals surface area contributed by atoms with E-state index in [9.17, 15) is 0 Å². The van der Waals surface area contributed by atoms with Crippen LogP contribution in [0.5, 0.6) is 0 Å². The fraction of sp³-hybridized carbons (Fsp3) is 1.00. The molecular weight excluding hydrogens is 128 g/mol. The summed E-state index contributed by atoms with van der Waals surface area (Å²) in [6, 6.07) is 0. The molecule has 3 nitrogen and oxygen atoms in total. The van der Waals surface area contributed by atoms with Gasteiger partial charge in [-0.2, -0.15) is 0 Å². The molecule has 2 atom stereocenters. The van der Waals surface area contributed by atoms with E-state index in [4.69, 9.17) is 10.5 Å². The monoisotopic (exact) mass is 144 g/mol. The molecule has 1 saturated heterocycles. The van der Waals surface area contributed by atoms with Crippen LogP contribution in [0.2, 0.25) is 0 Å². The second-order valence-electron chi connectivity index (χ2n) is 2.65. The highest BCUT2D eigenvalue weighted by Crippen LogP contribution is 2.10. The lowest BCUT2D eigenvalue weighted by Gasteiger charge is -2.15. The summed E-state index contributed by atoms with van der Waals surface area (Å²) in [6.07, 6.45) is 0.356. The van der Waals surface area contributed by atoms with Crippen LogP contribution < -0.4 is 11.1 Å². The maximum absolute atomic E-state index is 5.53. The van der Waals surface area contributed by atoms with Crippen molar-refractivity contribution in [2.45, 2.75) is 13.0 Å². The van der Waals surface area contributed by atoms with E-state index in [1.165, 1.54) is 0 Å². The smallest absolute Gasteiger partial charge is 0.0751 e. The number of ether oxygens (including phenoxy) is 1. The third-order valence-electron chi connectivity index (χ3n) is 1.96. The van der Waals surface area contributed by atoms with Crippen LogP contribution in [0.4, 0.5) is 0 Å². The van der Waals surface area contributed by atoms with Gasteiger partial charge in [-0.25, -0.2) is 0 Å². The van der Waals surface area contributed by atoms with Crippen molar-refractivity contribution in [2.24, 2.45) is 11.7 Å². The highest BCUT2D eigenvalue weighted by Gasteiger charge is 2.25. The van der Waals surface area contributed by atoms with E-state index in [0.29, 0.717) is 12.0 Å². The Balaban J connectivity index is 2.27. The highest BCUT2D eigenvalue weighted by atomic mass is 16.5. The van der Waals surface area contributed by atoms with Crippen LogP contribution in [0.1, 0.15) is 6.92 Å². The summed E-state index contributed by atoms with van der Waals surface area (Å²) in [4.78, 5) is 0. The number of hydrogen-bond donors (Lipinski definition) is 2. The van der Waals surface area contributed by atoms with Crippen molar-refractivity contribution < 1.29 is 4.74 Å². The maximum Gasteiger partial charge on any atom is 0.0751 e. The molecule has 0 aliphatic carbocycles. The summed E-state index contributed by atoms with van der Waals surface area (Å²) >= 11 is 0. The van der Waals surface area contributed by atoms with Crippen LogP contribution in [0, 0.1) is 5.92 Å². The van der Waals surface area contributed by atoms with Gasteiger partial charge < -0.3 is 15.8 Å². The standard InChI is InChI=1S/C7H16N2O/c1-2-10-7-5-9-4-6(7)3-8/h6-7,9H,2-5,8H2,1H3. The zero-order valence-electron chi connectivity index (χ0n) is 6.47. The van der Waals surface area contributed by atoms with Crippen molar-refractivity contribution in [1.29, 1.82) is 0 Å². The average molecular weight is 144 g/mol. The zero-order chi connectivity index (χ0) is 7.40. The van der Waals surface area contributed by atoms with Gasteiger partial charge in [0.1, 0.15) is 0 Å². The lowest BCUT2D eigenvalue weighted by Crippen LogP contribution is -2.28. The quantitative estimate of drug-likeness (QED) is 0.565. The van der Waals surface area contributed by atoms with Crippen LogP contribution in [-0.4, -0.2) is 32.3 Å². The van der Waals surface area contributed by atoms with E-state index in [-0.39, 0.29) is 0 Å². The van der Waals surface area contributed by atoms with E-state index < -0.39 is 0 Å². The van der Waals surface area contributed by atoms with Crippen molar-refractivity contribution in [2.75, 3.05) is 26.2 Å². The molecule has 0 aromatic heterocycles. The van der Waals surface area contributed by atoms with Gasteiger partial charge in [-0.1, -0.05) is 0 Å². The largest absolute Gasteiger partial charge is 0.377 e. The Morgan fingerprint density at radius 3 is 3.00 bits per heavy atom. The number of hydrogen-bond acceptors (Lipinski definition) is 3. The molecule has 0 aromatic rings. The highest BCUT2D eigenvalue weighted by molar-refractivity contribution is 4.82. The Labute approximate surface area is 61.9 Å². The molecule has 0 aromatic carbocycles. The van der Waals surface area contributed by atoms with Crippen molar-refractivity contribution >= 4 is 0 Å². The first-order valence-corrected chi connectivity index (χ1v) is 3.90. The second-order valence-corrected chi connectivity index (χ2v) is 2.65. The normalized spacial score (nSPS) is 33.0. The van der Waals surface area contributed by atoms with Gasteiger partial charge in [-0.15, -0.1) is 0 Å². The van der Waals surface area contributed by atoms with E-state index in [1.807, 2.05) is 6.92 Å². The molecule has 0 bridgehead atoms. The van der Waals surface area contributed by atoms with Crippen LogP contribution in [-0.2, 0) is 4.74 Å². The van der Waals surface area contributed by atoms with Crippen molar-refractivity contribution in [1.82, 2.24) is 5.32 Å². The first kappa shape index (κ1) is 7.98. The van der Waals surface area contributed by atoms with E-state index in [2.05, 4.69) is 5.32 Å². The molecular formula is C7H16N2O. The van der Waals surface area contributed by atoms with Gasteiger partial charge in [-0.05, 0) is 13.5 Å². The molecule has 10 heavy (non-hydrogen) atoms. The van der Waals surface area contributed by atoms with Crippen molar-refractivity contribution in [3.63, 3.8) is 0 Å². The topological polar surface area (TPSA) is 47.3 Å². The summed E-state index contributed by atoms with van der Waals surface area (Å²) in [7, 11) is 0. The fourth-order valence-electron chi connectivity index (χ4n) is 1.35. The summed E-state index contributed by atoms with van der Waals surface area (Å²) < 4.78 is 5.46. The second kappa shape index (κ2) is 3.91. The Morgan fingerprint density at radius 2 is 2.40 bits per heavy atom. The minimum Gasteiger partial charge on any atom is -0.377 e.